The average Bonchev–Trinajstić information content (AvgIpc) is 2.14. The van der Waals surface area contributed by atoms with Gasteiger partial charge in [0.1, 0.15) is 5.82 Å². The van der Waals surface area contributed by atoms with E-state index < -0.39 is 0 Å². The Balaban J connectivity index is 1.93. The summed E-state index contributed by atoms with van der Waals surface area (Å²) in [7, 11) is 0. The fourth-order valence-electron chi connectivity index (χ4n) is 2.00. The van der Waals surface area contributed by atoms with Crippen molar-refractivity contribution in [1.29, 1.82) is 0 Å². The zero-order valence-electron chi connectivity index (χ0n) is 9.47. The Morgan fingerprint density at radius 1 is 1.50 bits per heavy atom. The van der Waals surface area contributed by atoms with Gasteiger partial charge < -0.3 is 5.32 Å². The molecule has 1 unspecified atom stereocenters. The maximum atomic E-state index is 13.7. The van der Waals surface area contributed by atoms with Gasteiger partial charge in [0.25, 0.3) is 0 Å². The Hall–Kier alpha value is -0.410. The SMILES string of the molecule is CC(NCC1CCC1)c1ccc(Br)cc1F. The van der Waals surface area contributed by atoms with Crippen molar-refractivity contribution in [2.75, 3.05) is 6.54 Å². The van der Waals surface area contributed by atoms with Crippen LogP contribution >= 0.6 is 15.9 Å². The molecule has 1 N–H and O–H groups in total. The van der Waals surface area contributed by atoms with Gasteiger partial charge >= 0.3 is 0 Å². The van der Waals surface area contributed by atoms with Crippen molar-refractivity contribution in [3.63, 3.8) is 0 Å². The molecule has 16 heavy (non-hydrogen) atoms. The summed E-state index contributed by atoms with van der Waals surface area (Å²) in [4.78, 5) is 0. The van der Waals surface area contributed by atoms with Gasteiger partial charge in [-0.3, -0.25) is 0 Å². The summed E-state index contributed by atoms with van der Waals surface area (Å²) < 4.78 is 14.4. The molecule has 0 saturated heterocycles. The third kappa shape index (κ3) is 2.83. The summed E-state index contributed by atoms with van der Waals surface area (Å²) in [6, 6.07) is 5.35. The molecule has 0 aliphatic heterocycles. The van der Waals surface area contributed by atoms with Crippen LogP contribution in [0, 0.1) is 11.7 Å². The number of hydrogen-bond donors (Lipinski definition) is 1. The van der Waals surface area contributed by atoms with Gasteiger partial charge in [-0.2, -0.15) is 0 Å². The van der Waals surface area contributed by atoms with Crippen LogP contribution in [0.4, 0.5) is 4.39 Å². The molecule has 1 aliphatic carbocycles. The van der Waals surface area contributed by atoms with E-state index in [0.717, 1.165) is 22.5 Å². The van der Waals surface area contributed by atoms with E-state index in [1.54, 1.807) is 0 Å². The van der Waals surface area contributed by atoms with Crippen molar-refractivity contribution in [3.05, 3.63) is 34.1 Å². The molecule has 0 aromatic heterocycles. The van der Waals surface area contributed by atoms with Crippen molar-refractivity contribution in [2.24, 2.45) is 5.92 Å². The molecule has 2 rings (SSSR count). The van der Waals surface area contributed by atoms with Gasteiger partial charge in [-0.1, -0.05) is 28.4 Å². The number of halogens is 2. The van der Waals surface area contributed by atoms with E-state index in [-0.39, 0.29) is 11.9 Å². The monoisotopic (exact) mass is 285 g/mol. The number of hydrogen-bond acceptors (Lipinski definition) is 1. The van der Waals surface area contributed by atoms with E-state index in [1.807, 2.05) is 19.1 Å². The Morgan fingerprint density at radius 2 is 2.25 bits per heavy atom. The third-order valence-corrected chi connectivity index (χ3v) is 3.86. The molecule has 0 radical (unpaired) electrons. The van der Waals surface area contributed by atoms with Crippen molar-refractivity contribution in [3.8, 4) is 0 Å². The summed E-state index contributed by atoms with van der Waals surface area (Å²) in [6.07, 6.45) is 4.00. The molecule has 0 amide bonds. The summed E-state index contributed by atoms with van der Waals surface area (Å²) in [5.74, 6) is 0.670. The lowest BCUT2D eigenvalue weighted by molar-refractivity contribution is 0.291. The molecule has 88 valence electrons. The van der Waals surface area contributed by atoms with Crippen LogP contribution in [0.2, 0.25) is 0 Å². The lowest BCUT2D eigenvalue weighted by atomic mass is 9.85. The van der Waals surface area contributed by atoms with Crippen molar-refractivity contribution in [2.45, 2.75) is 32.2 Å². The highest BCUT2D eigenvalue weighted by molar-refractivity contribution is 9.10. The maximum absolute atomic E-state index is 13.7. The van der Waals surface area contributed by atoms with Crippen LogP contribution in [0.5, 0.6) is 0 Å². The second kappa shape index (κ2) is 5.28. The number of rotatable bonds is 4. The highest BCUT2D eigenvalue weighted by Crippen LogP contribution is 2.27. The molecule has 1 aliphatic rings. The van der Waals surface area contributed by atoms with Crippen LogP contribution in [-0.4, -0.2) is 6.54 Å². The molecule has 1 nitrogen and oxygen atoms in total. The van der Waals surface area contributed by atoms with Gasteiger partial charge in [0, 0.05) is 16.1 Å². The Kier molecular flexibility index (Phi) is 3.98. The average molecular weight is 286 g/mol. The van der Waals surface area contributed by atoms with E-state index in [9.17, 15) is 4.39 Å². The molecule has 0 heterocycles. The smallest absolute Gasteiger partial charge is 0.129 e. The standard InChI is InChI=1S/C13H17BrFN/c1-9(16-8-10-3-2-4-10)12-6-5-11(14)7-13(12)15/h5-7,9-10,16H,2-4,8H2,1H3. The fourth-order valence-corrected chi connectivity index (χ4v) is 2.34. The van der Waals surface area contributed by atoms with Crippen LogP contribution in [0.3, 0.4) is 0 Å². The Bertz CT molecular complexity index is 363. The summed E-state index contributed by atoms with van der Waals surface area (Å²) in [6.45, 7) is 3.03. The zero-order chi connectivity index (χ0) is 11.5. The minimum Gasteiger partial charge on any atom is -0.310 e. The van der Waals surface area contributed by atoms with Crippen LogP contribution in [-0.2, 0) is 0 Å². The molecular formula is C13H17BrFN. The van der Waals surface area contributed by atoms with Gasteiger partial charge in [-0.15, -0.1) is 0 Å². The minimum atomic E-state index is -0.136. The summed E-state index contributed by atoms with van der Waals surface area (Å²) >= 11 is 3.27. The minimum absolute atomic E-state index is 0.0914. The van der Waals surface area contributed by atoms with E-state index in [2.05, 4.69) is 21.2 Å². The van der Waals surface area contributed by atoms with Gasteiger partial charge in [0.05, 0.1) is 0 Å². The van der Waals surface area contributed by atoms with Crippen molar-refractivity contribution < 1.29 is 4.39 Å². The van der Waals surface area contributed by atoms with Crippen LogP contribution < -0.4 is 5.32 Å². The van der Waals surface area contributed by atoms with Gasteiger partial charge in [-0.25, -0.2) is 4.39 Å². The van der Waals surface area contributed by atoms with Crippen LogP contribution in [0.1, 0.15) is 37.8 Å². The molecule has 1 aromatic carbocycles. The van der Waals surface area contributed by atoms with Crippen LogP contribution in [0.15, 0.2) is 22.7 Å². The lowest BCUT2D eigenvalue weighted by Gasteiger charge is -2.27. The van der Waals surface area contributed by atoms with E-state index in [1.165, 1.54) is 25.3 Å². The highest BCUT2D eigenvalue weighted by atomic mass is 79.9. The number of benzene rings is 1. The van der Waals surface area contributed by atoms with Gasteiger partial charge in [0.2, 0.25) is 0 Å². The van der Waals surface area contributed by atoms with E-state index in [4.69, 9.17) is 0 Å². The van der Waals surface area contributed by atoms with E-state index in [0.29, 0.717) is 0 Å². The number of nitrogens with one attached hydrogen (secondary N) is 1. The van der Waals surface area contributed by atoms with Crippen molar-refractivity contribution >= 4 is 15.9 Å². The predicted molar refractivity (Wildman–Crippen MR) is 67.9 cm³/mol. The molecule has 0 bridgehead atoms. The largest absolute Gasteiger partial charge is 0.310 e. The second-order valence-electron chi connectivity index (χ2n) is 4.59. The topological polar surface area (TPSA) is 12.0 Å². The molecule has 1 fully saturated rings. The van der Waals surface area contributed by atoms with Crippen LogP contribution in [0.25, 0.3) is 0 Å². The quantitative estimate of drug-likeness (QED) is 0.881. The molecule has 0 spiro atoms. The highest BCUT2D eigenvalue weighted by Gasteiger charge is 2.18. The first-order valence-electron chi connectivity index (χ1n) is 5.85. The Morgan fingerprint density at radius 3 is 2.81 bits per heavy atom. The second-order valence-corrected chi connectivity index (χ2v) is 5.51. The molecule has 1 saturated carbocycles. The fraction of sp³-hybridized carbons (Fsp3) is 0.538. The summed E-state index contributed by atoms with van der Waals surface area (Å²) in [5, 5.41) is 3.41. The van der Waals surface area contributed by atoms with E-state index >= 15 is 0 Å². The predicted octanol–water partition coefficient (Wildman–Crippen LogP) is 4.04. The maximum Gasteiger partial charge on any atom is 0.129 e. The van der Waals surface area contributed by atoms with Crippen molar-refractivity contribution in [1.82, 2.24) is 5.32 Å². The zero-order valence-corrected chi connectivity index (χ0v) is 11.1. The molecule has 3 heteroatoms. The first kappa shape index (κ1) is 12.1. The first-order valence-corrected chi connectivity index (χ1v) is 6.64. The first-order chi connectivity index (χ1) is 7.66. The molecule has 1 aromatic rings. The molecule has 1 atom stereocenters. The van der Waals surface area contributed by atoms with Gasteiger partial charge in [0.15, 0.2) is 0 Å². The van der Waals surface area contributed by atoms with Gasteiger partial charge in [-0.05, 0) is 44.4 Å². The lowest BCUT2D eigenvalue weighted by Crippen LogP contribution is -2.29. The Labute approximate surface area is 105 Å². The summed E-state index contributed by atoms with van der Waals surface area (Å²) in [5.41, 5.74) is 0.752. The normalized spacial score (nSPS) is 18.2. The third-order valence-electron chi connectivity index (χ3n) is 3.37. The molecular weight excluding hydrogens is 269 g/mol.